The summed E-state index contributed by atoms with van der Waals surface area (Å²) in [6.07, 6.45) is 1.73. The Balaban J connectivity index is 1.32. The lowest BCUT2D eigenvalue weighted by atomic mass is 9.98. The quantitative estimate of drug-likeness (QED) is 0.461. The van der Waals surface area contributed by atoms with Gasteiger partial charge in [0.05, 0.1) is 18.6 Å². The second-order valence-corrected chi connectivity index (χ2v) is 9.76. The van der Waals surface area contributed by atoms with Crippen molar-refractivity contribution in [2.24, 2.45) is 5.92 Å². The number of carboxylic acids is 1. The lowest BCUT2D eigenvalue weighted by Crippen LogP contribution is -2.48. The zero-order valence-corrected chi connectivity index (χ0v) is 20.4. The number of carbonyl (C=O) groups excluding carboxylic acids is 2. The number of amides is 2. The minimum absolute atomic E-state index is 0.0617. The highest BCUT2D eigenvalue weighted by molar-refractivity contribution is 7.98. The van der Waals surface area contributed by atoms with Crippen LogP contribution in [0.4, 0.5) is 4.79 Å². The summed E-state index contributed by atoms with van der Waals surface area (Å²) >= 11 is 1.58. The van der Waals surface area contributed by atoms with Gasteiger partial charge < -0.3 is 25.2 Å². The van der Waals surface area contributed by atoms with Crippen LogP contribution in [0.15, 0.2) is 48.5 Å². The van der Waals surface area contributed by atoms with Gasteiger partial charge in [0.25, 0.3) is 0 Å². The van der Waals surface area contributed by atoms with E-state index in [1.165, 1.54) is 0 Å². The van der Waals surface area contributed by atoms with Crippen LogP contribution in [0.1, 0.15) is 29.9 Å². The Morgan fingerprint density at radius 2 is 1.77 bits per heavy atom. The first kappa shape index (κ1) is 25.1. The van der Waals surface area contributed by atoms with E-state index < -0.39 is 24.0 Å². The zero-order valence-electron chi connectivity index (χ0n) is 19.6. The number of hydrogen-bond acceptors (Lipinski definition) is 6. The lowest BCUT2D eigenvalue weighted by Gasteiger charge is -2.20. The van der Waals surface area contributed by atoms with E-state index in [4.69, 9.17) is 14.6 Å². The third kappa shape index (κ3) is 5.97. The van der Waals surface area contributed by atoms with E-state index in [1.807, 2.05) is 30.5 Å². The third-order valence-electron chi connectivity index (χ3n) is 6.50. The fourth-order valence-corrected chi connectivity index (χ4v) is 5.12. The molecule has 2 aromatic carbocycles. The summed E-state index contributed by atoms with van der Waals surface area (Å²) in [4.78, 5) is 36.5. The molecule has 1 fully saturated rings. The first-order chi connectivity index (χ1) is 17.0. The second-order valence-electron chi connectivity index (χ2n) is 8.78. The number of hydrogen-bond donors (Lipinski definition) is 3. The average Bonchev–Trinajstić information content (AvgIpc) is 3.47. The Kier molecular flexibility index (Phi) is 8.30. The van der Waals surface area contributed by atoms with Gasteiger partial charge in [0.2, 0.25) is 5.91 Å². The van der Waals surface area contributed by atoms with Crippen molar-refractivity contribution in [3.8, 4) is 11.1 Å². The van der Waals surface area contributed by atoms with Crippen molar-refractivity contribution < 1.29 is 29.0 Å². The molecular formula is C26H30N2O6S. The van der Waals surface area contributed by atoms with Crippen LogP contribution < -0.4 is 10.6 Å². The molecule has 0 radical (unpaired) electrons. The maximum Gasteiger partial charge on any atom is 0.407 e. The van der Waals surface area contributed by atoms with Crippen LogP contribution in [0.2, 0.25) is 0 Å². The average molecular weight is 499 g/mol. The first-order valence-corrected chi connectivity index (χ1v) is 13.1. The van der Waals surface area contributed by atoms with Crippen LogP contribution in [0, 0.1) is 5.92 Å². The van der Waals surface area contributed by atoms with Gasteiger partial charge in [-0.15, -0.1) is 0 Å². The lowest BCUT2D eigenvalue weighted by molar-refractivity contribution is -0.141. The molecule has 1 aliphatic carbocycles. The van der Waals surface area contributed by atoms with E-state index in [-0.39, 0.29) is 37.7 Å². The highest BCUT2D eigenvalue weighted by Crippen LogP contribution is 2.44. The molecule has 3 N–H and O–H groups in total. The standard InChI is InChI=1S/C26H30N2O6S/c1-35-11-10-23(24(29)27-13-17-12-16(14-33-17)25(30)31)28-26(32)34-15-22-20-8-4-2-6-18(20)19-7-3-5-9-21(19)22/h2-9,16-17,22-23H,10-15H2,1H3,(H,27,29)(H,28,32)(H,30,31)/t16-,17-,23?/m1/s1. The molecule has 0 spiro atoms. The largest absolute Gasteiger partial charge is 0.481 e. The number of carboxylic acid groups (broad SMARTS) is 1. The molecule has 4 rings (SSSR count). The molecule has 8 nitrogen and oxygen atoms in total. The van der Waals surface area contributed by atoms with Gasteiger partial charge in [-0.1, -0.05) is 48.5 Å². The predicted molar refractivity (Wildman–Crippen MR) is 133 cm³/mol. The first-order valence-electron chi connectivity index (χ1n) is 11.7. The van der Waals surface area contributed by atoms with Crippen LogP contribution in [-0.4, -0.2) is 67.0 Å². The van der Waals surface area contributed by atoms with Gasteiger partial charge >= 0.3 is 12.1 Å². The van der Waals surface area contributed by atoms with Crippen molar-refractivity contribution in [2.45, 2.75) is 30.9 Å². The van der Waals surface area contributed by atoms with Gasteiger partial charge in [-0.2, -0.15) is 11.8 Å². The van der Waals surface area contributed by atoms with Gasteiger partial charge in [0.15, 0.2) is 0 Å². The second kappa shape index (κ2) is 11.6. The molecule has 0 aromatic heterocycles. The number of nitrogens with one attached hydrogen (secondary N) is 2. The SMILES string of the molecule is CSCCC(NC(=O)OCC1c2ccccc2-c2ccccc21)C(=O)NC[C@H]1C[C@@H](C(=O)O)CO1. The van der Waals surface area contributed by atoms with Crippen molar-refractivity contribution in [1.82, 2.24) is 10.6 Å². The normalized spacial score (nSPS) is 19.5. The Labute approximate surface area is 208 Å². The topological polar surface area (TPSA) is 114 Å². The van der Waals surface area contributed by atoms with Crippen LogP contribution in [0.25, 0.3) is 11.1 Å². The van der Waals surface area contributed by atoms with E-state index in [1.54, 1.807) is 11.8 Å². The molecule has 1 unspecified atom stereocenters. The summed E-state index contributed by atoms with van der Waals surface area (Å²) < 4.78 is 11.1. The van der Waals surface area contributed by atoms with E-state index in [2.05, 4.69) is 34.9 Å². The van der Waals surface area contributed by atoms with Crippen molar-refractivity contribution in [1.29, 1.82) is 0 Å². The Morgan fingerprint density at radius 3 is 2.37 bits per heavy atom. The zero-order chi connectivity index (χ0) is 24.8. The van der Waals surface area contributed by atoms with Crippen molar-refractivity contribution in [3.05, 3.63) is 59.7 Å². The number of benzene rings is 2. The fourth-order valence-electron chi connectivity index (χ4n) is 4.64. The molecule has 2 aliphatic rings. The molecule has 35 heavy (non-hydrogen) atoms. The van der Waals surface area contributed by atoms with Gasteiger partial charge in [-0.3, -0.25) is 9.59 Å². The summed E-state index contributed by atoms with van der Waals surface area (Å²) in [7, 11) is 0. The highest BCUT2D eigenvalue weighted by Gasteiger charge is 2.32. The van der Waals surface area contributed by atoms with Crippen LogP contribution in [-0.2, 0) is 19.1 Å². The summed E-state index contributed by atoms with van der Waals surface area (Å²) in [5.74, 6) is -1.16. The monoisotopic (exact) mass is 498 g/mol. The number of thioether (sulfide) groups is 1. The molecule has 2 aromatic rings. The third-order valence-corrected chi connectivity index (χ3v) is 7.14. The molecule has 2 amide bonds. The number of alkyl carbamates (subject to hydrolysis) is 1. The minimum Gasteiger partial charge on any atom is -0.481 e. The Morgan fingerprint density at radius 1 is 1.11 bits per heavy atom. The number of aliphatic carboxylic acids is 1. The van der Waals surface area contributed by atoms with Crippen molar-refractivity contribution in [2.75, 3.05) is 31.8 Å². The van der Waals surface area contributed by atoms with Crippen LogP contribution >= 0.6 is 11.8 Å². The van der Waals surface area contributed by atoms with E-state index in [9.17, 15) is 14.4 Å². The fraction of sp³-hybridized carbons (Fsp3) is 0.423. The summed E-state index contributed by atoms with van der Waals surface area (Å²) in [6.45, 7) is 0.512. The Hall–Kier alpha value is -3.04. The molecule has 3 atom stereocenters. The van der Waals surface area contributed by atoms with Crippen molar-refractivity contribution in [3.63, 3.8) is 0 Å². The predicted octanol–water partition coefficient (Wildman–Crippen LogP) is 3.25. The van der Waals surface area contributed by atoms with Gasteiger partial charge in [-0.05, 0) is 47.1 Å². The molecule has 0 saturated carbocycles. The Bertz CT molecular complexity index is 1030. The summed E-state index contributed by atoms with van der Waals surface area (Å²) in [5, 5.41) is 14.6. The number of fused-ring (bicyclic) bond motifs is 3. The van der Waals surface area contributed by atoms with Crippen molar-refractivity contribution >= 4 is 29.7 Å². The van der Waals surface area contributed by atoms with E-state index in [0.717, 1.165) is 22.3 Å². The number of rotatable bonds is 10. The molecule has 1 aliphatic heterocycles. The molecule has 1 saturated heterocycles. The van der Waals surface area contributed by atoms with E-state index >= 15 is 0 Å². The molecular weight excluding hydrogens is 468 g/mol. The van der Waals surface area contributed by atoms with Gasteiger partial charge in [-0.25, -0.2) is 4.79 Å². The van der Waals surface area contributed by atoms with Crippen LogP contribution in [0.5, 0.6) is 0 Å². The molecule has 186 valence electrons. The maximum atomic E-state index is 12.8. The number of carbonyl (C=O) groups is 3. The molecule has 1 heterocycles. The molecule has 9 heteroatoms. The van der Waals surface area contributed by atoms with Crippen LogP contribution in [0.3, 0.4) is 0 Å². The molecule has 0 bridgehead atoms. The maximum absolute atomic E-state index is 12.8. The summed E-state index contributed by atoms with van der Waals surface area (Å²) in [5.41, 5.74) is 4.53. The van der Waals surface area contributed by atoms with Gasteiger partial charge in [0.1, 0.15) is 12.6 Å². The minimum atomic E-state index is -0.895. The highest BCUT2D eigenvalue weighted by atomic mass is 32.2. The number of ether oxygens (including phenoxy) is 2. The smallest absolute Gasteiger partial charge is 0.407 e. The van der Waals surface area contributed by atoms with Gasteiger partial charge in [0, 0.05) is 12.5 Å². The van der Waals surface area contributed by atoms with E-state index in [0.29, 0.717) is 18.6 Å². The summed E-state index contributed by atoms with van der Waals surface area (Å²) in [6, 6.07) is 15.5.